The van der Waals surface area contributed by atoms with Gasteiger partial charge >= 0.3 is 0 Å². The minimum Gasteiger partial charge on any atom is -0.509 e. The summed E-state index contributed by atoms with van der Waals surface area (Å²) in [4.78, 5) is 14.7. The molecule has 7 nitrogen and oxygen atoms in total. The number of benzene rings is 6. The van der Waals surface area contributed by atoms with E-state index in [1.165, 1.54) is 52.0 Å². The Bertz CT molecular complexity index is 3270. The van der Waals surface area contributed by atoms with Crippen LogP contribution in [0.4, 0.5) is 22.7 Å². The molecule has 336 valence electrons. The number of nitrogens with zero attached hydrogens (tertiary/aromatic N) is 6. The average Bonchev–Trinajstić information content (AvgIpc) is 3.97. The molecule has 66 heavy (non-hydrogen) atoms. The van der Waals surface area contributed by atoms with E-state index < -0.39 is 0 Å². The SMILES string of the molecule is Cc1ccc(N2[CH-]N(c3[c-]c(Oc4[c-]c5c(cc4)c4ccccc4n5-c4cc(C(C)(C)C)ccn4)cc(-c4c(C(C)C)cccc4C(C)C)c3)c3cc4nc5n(c4cc32)CCCC5)cc1.[Pt]. The number of fused-ring (bicyclic) bond motifs is 7. The van der Waals surface area contributed by atoms with E-state index >= 15 is 0 Å². The summed E-state index contributed by atoms with van der Waals surface area (Å²) in [6.07, 6.45) is 5.26. The van der Waals surface area contributed by atoms with Crippen molar-refractivity contribution in [1.82, 2.24) is 19.1 Å². The number of hydrogen-bond acceptors (Lipinski definition) is 5. The summed E-state index contributed by atoms with van der Waals surface area (Å²) in [6, 6.07) is 49.1. The first-order valence-electron chi connectivity index (χ1n) is 23.2. The van der Waals surface area contributed by atoms with Gasteiger partial charge in [-0.1, -0.05) is 108 Å². The van der Waals surface area contributed by atoms with Crippen molar-refractivity contribution in [2.24, 2.45) is 0 Å². The monoisotopic (exact) mass is 1050 g/mol. The third-order valence-corrected chi connectivity index (χ3v) is 13.4. The largest absolute Gasteiger partial charge is 0.509 e. The van der Waals surface area contributed by atoms with E-state index in [1.54, 1.807) is 0 Å². The number of rotatable bonds is 8. The van der Waals surface area contributed by atoms with E-state index in [0.717, 1.165) is 74.4 Å². The number of ether oxygens (including phenoxy) is 1. The molecule has 11 rings (SSSR count). The van der Waals surface area contributed by atoms with Crippen molar-refractivity contribution in [3.8, 4) is 28.4 Å². The number of aromatic nitrogens is 4. The minimum absolute atomic E-state index is 0. The second kappa shape index (κ2) is 16.9. The van der Waals surface area contributed by atoms with Gasteiger partial charge in [-0.05, 0) is 107 Å². The molecule has 0 spiro atoms. The number of imidazole rings is 1. The second-order valence-corrected chi connectivity index (χ2v) is 19.6. The molecule has 0 amide bonds. The molecule has 2 aliphatic rings. The van der Waals surface area contributed by atoms with E-state index in [9.17, 15) is 0 Å². The third-order valence-electron chi connectivity index (χ3n) is 13.4. The van der Waals surface area contributed by atoms with E-state index in [4.69, 9.17) is 14.7 Å². The normalized spacial score (nSPS) is 13.8. The van der Waals surface area contributed by atoms with Gasteiger partial charge in [0.1, 0.15) is 11.6 Å². The molecular weight excluding hydrogens is 992 g/mol. The Hall–Kier alpha value is -6.17. The Labute approximate surface area is 403 Å². The summed E-state index contributed by atoms with van der Waals surface area (Å²) < 4.78 is 11.7. The molecule has 0 fully saturated rings. The Kier molecular flexibility index (Phi) is 11.2. The fraction of sp³-hybridized carbons (Fsp3) is 0.259. The summed E-state index contributed by atoms with van der Waals surface area (Å²) in [5, 5.41) is 2.23. The van der Waals surface area contributed by atoms with Crippen molar-refractivity contribution in [1.29, 1.82) is 0 Å². The predicted octanol–water partition coefficient (Wildman–Crippen LogP) is 15.2. The van der Waals surface area contributed by atoms with Gasteiger partial charge in [-0.3, -0.25) is 0 Å². The fourth-order valence-electron chi connectivity index (χ4n) is 9.96. The first-order chi connectivity index (χ1) is 31.4. The van der Waals surface area contributed by atoms with Gasteiger partial charge in [0.15, 0.2) is 0 Å². The number of aryl methyl sites for hydroxylation is 3. The average molecular weight is 1050 g/mol. The predicted molar refractivity (Wildman–Crippen MR) is 268 cm³/mol. The Morgan fingerprint density at radius 1 is 0.712 bits per heavy atom. The molecule has 8 heteroatoms. The van der Waals surface area contributed by atoms with Crippen LogP contribution >= 0.6 is 0 Å². The third kappa shape index (κ3) is 7.59. The van der Waals surface area contributed by atoms with Gasteiger partial charge in [0, 0.05) is 74.3 Å². The van der Waals surface area contributed by atoms with Crippen molar-refractivity contribution < 1.29 is 25.8 Å². The van der Waals surface area contributed by atoms with Crippen molar-refractivity contribution in [2.45, 2.75) is 98.4 Å². The molecule has 6 aromatic carbocycles. The van der Waals surface area contributed by atoms with Crippen LogP contribution in [0.25, 0.3) is 49.8 Å². The molecule has 5 heterocycles. The molecule has 9 aromatic rings. The van der Waals surface area contributed by atoms with Crippen LogP contribution in [0.5, 0.6) is 11.5 Å². The molecule has 0 saturated heterocycles. The maximum absolute atomic E-state index is 7.04. The van der Waals surface area contributed by atoms with Crippen LogP contribution in [0.3, 0.4) is 0 Å². The number of anilines is 4. The van der Waals surface area contributed by atoms with Gasteiger partial charge in [-0.25, -0.2) is 9.97 Å². The number of hydrogen-bond donors (Lipinski definition) is 0. The molecule has 0 unspecified atom stereocenters. The standard InChI is InChI=1S/C58H55N6O.Pt/c1-36(2)45-15-13-16-46(37(3)4)57(45)39-28-42(63-35-62(41-21-19-38(5)20-22-41)54-34-52-49(33-53(54)63)60-55-18-11-12-27-61(52)55)31-44(29-39)65-43-23-24-48-47-14-9-10-17-50(47)64(51(48)32-43)56-30-40(25-26-59-56)58(6,7)8;/h9-10,13-17,19-26,28-30,33-37H,11-12,18,27H2,1-8H3;/q-3;. The van der Waals surface area contributed by atoms with E-state index in [0.29, 0.717) is 23.3 Å². The smallest absolute Gasteiger partial charge is 0.135 e. The van der Waals surface area contributed by atoms with Gasteiger partial charge < -0.3 is 23.7 Å². The van der Waals surface area contributed by atoms with Gasteiger partial charge in [0.2, 0.25) is 0 Å². The van der Waals surface area contributed by atoms with Crippen molar-refractivity contribution in [3.63, 3.8) is 0 Å². The minimum atomic E-state index is -0.0366. The summed E-state index contributed by atoms with van der Waals surface area (Å²) in [6.45, 7) is 21.2. The molecule has 3 aromatic heterocycles. The first-order valence-corrected chi connectivity index (χ1v) is 23.2. The van der Waals surface area contributed by atoms with Crippen LogP contribution in [0.15, 0.2) is 121 Å². The number of para-hydroxylation sites is 1. The van der Waals surface area contributed by atoms with Crippen LogP contribution in [0.2, 0.25) is 0 Å². The quantitative estimate of drug-likeness (QED) is 0.142. The molecule has 2 aliphatic heterocycles. The second-order valence-electron chi connectivity index (χ2n) is 19.6. The van der Waals surface area contributed by atoms with Crippen molar-refractivity contribution in [2.75, 3.05) is 9.80 Å². The summed E-state index contributed by atoms with van der Waals surface area (Å²) in [7, 11) is 0. The molecule has 0 saturated carbocycles. The molecule has 0 radical (unpaired) electrons. The van der Waals surface area contributed by atoms with Crippen LogP contribution in [0, 0.1) is 25.7 Å². The summed E-state index contributed by atoms with van der Waals surface area (Å²) >= 11 is 0. The number of pyridine rings is 1. The molecular formula is C58H55N6OPt-3. The van der Waals surface area contributed by atoms with E-state index in [1.807, 2.05) is 12.3 Å². The van der Waals surface area contributed by atoms with Crippen LogP contribution < -0.4 is 14.5 Å². The van der Waals surface area contributed by atoms with Gasteiger partial charge in [-0.2, -0.15) is 6.07 Å². The van der Waals surface area contributed by atoms with Gasteiger partial charge in [0.25, 0.3) is 0 Å². The van der Waals surface area contributed by atoms with Gasteiger partial charge in [-0.15, -0.1) is 53.6 Å². The topological polar surface area (TPSA) is 51.4 Å². The van der Waals surface area contributed by atoms with Crippen LogP contribution in [0.1, 0.15) is 101 Å². The Morgan fingerprint density at radius 2 is 1.47 bits per heavy atom. The first kappa shape index (κ1) is 43.7. The molecule has 0 atom stereocenters. The van der Waals surface area contributed by atoms with E-state index in [-0.39, 0.29) is 26.5 Å². The van der Waals surface area contributed by atoms with E-state index in [2.05, 4.69) is 202 Å². The van der Waals surface area contributed by atoms with Gasteiger partial charge in [0.05, 0.1) is 11.0 Å². The maximum atomic E-state index is 7.04. The zero-order chi connectivity index (χ0) is 44.7. The Balaban J connectivity index is 0.00000511. The summed E-state index contributed by atoms with van der Waals surface area (Å²) in [5.41, 5.74) is 15.7. The molecule has 0 bridgehead atoms. The van der Waals surface area contributed by atoms with Crippen LogP contribution in [-0.4, -0.2) is 19.1 Å². The van der Waals surface area contributed by atoms with Crippen molar-refractivity contribution in [3.05, 3.63) is 168 Å². The molecule has 0 aliphatic carbocycles. The van der Waals surface area contributed by atoms with Crippen LogP contribution in [-0.2, 0) is 39.4 Å². The molecule has 0 N–H and O–H groups in total. The maximum Gasteiger partial charge on any atom is 0.135 e. The fourth-order valence-corrected chi connectivity index (χ4v) is 9.96. The van der Waals surface area contributed by atoms with Crippen molar-refractivity contribution >= 4 is 55.6 Å². The Morgan fingerprint density at radius 3 is 2.23 bits per heavy atom. The zero-order valence-corrected chi connectivity index (χ0v) is 41.3. The zero-order valence-electron chi connectivity index (χ0n) is 39.0. The summed E-state index contributed by atoms with van der Waals surface area (Å²) in [5.74, 6) is 3.85.